The number of benzene rings is 1. The fourth-order valence-corrected chi connectivity index (χ4v) is 4.27. The first-order valence-electron chi connectivity index (χ1n) is 10.6. The van der Waals surface area contributed by atoms with Crippen LogP contribution in [0.15, 0.2) is 36.9 Å². The van der Waals surface area contributed by atoms with Gasteiger partial charge in [0.2, 0.25) is 5.88 Å². The van der Waals surface area contributed by atoms with Crippen LogP contribution in [0.3, 0.4) is 0 Å². The van der Waals surface area contributed by atoms with Gasteiger partial charge in [-0.3, -0.25) is 13.5 Å². The van der Waals surface area contributed by atoms with Crippen LogP contribution in [0.5, 0.6) is 11.6 Å². The minimum atomic E-state index is -4.63. The van der Waals surface area contributed by atoms with E-state index in [4.69, 9.17) is 13.7 Å². The molecule has 0 bridgehead atoms. The summed E-state index contributed by atoms with van der Waals surface area (Å²) in [5, 5.41) is 30.6. The average molecular weight is 507 g/mol. The molecule has 1 aromatic carbocycles. The smallest absolute Gasteiger partial charge is 0.362 e. The van der Waals surface area contributed by atoms with E-state index in [1.165, 1.54) is 41.5 Å². The van der Waals surface area contributed by atoms with Crippen molar-refractivity contribution in [1.82, 2.24) is 24.2 Å². The van der Waals surface area contributed by atoms with Crippen molar-refractivity contribution in [3.63, 3.8) is 0 Å². The highest BCUT2D eigenvalue weighted by Crippen LogP contribution is 2.34. The first-order chi connectivity index (χ1) is 16.7. The van der Waals surface area contributed by atoms with Crippen molar-refractivity contribution in [3.05, 3.63) is 42.5 Å². The zero-order chi connectivity index (χ0) is 24.7. The lowest BCUT2D eigenvalue weighted by molar-refractivity contribution is -0.0468. The van der Waals surface area contributed by atoms with Gasteiger partial charge in [0.1, 0.15) is 36.5 Å². The van der Waals surface area contributed by atoms with Gasteiger partial charge in [0.15, 0.2) is 17.4 Å². The molecule has 3 aromatic rings. The molecular weight excluding hydrogens is 486 g/mol. The number of amides is 1. The van der Waals surface area contributed by atoms with E-state index in [0.29, 0.717) is 5.52 Å². The van der Waals surface area contributed by atoms with Gasteiger partial charge < -0.3 is 24.8 Å². The molecule has 1 unspecified atom stereocenters. The molecule has 14 nitrogen and oxygen atoms in total. The number of hydrogen-bond acceptors (Lipinski definition) is 12. The van der Waals surface area contributed by atoms with Gasteiger partial charge in [0.25, 0.3) is 5.91 Å². The van der Waals surface area contributed by atoms with Crippen molar-refractivity contribution < 1.29 is 42.2 Å². The third-order valence-corrected chi connectivity index (χ3v) is 6.37. The Labute approximate surface area is 198 Å². The predicted octanol–water partition coefficient (Wildman–Crippen LogP) is -0.616. The van der Waals surface area contributed by atoms with Crippen LogP contribution in [-0.2, 0) is 19.2 Å². The Balaban J connectivity index is 1.26. The number of hydrogen-bond donors (Lipinski definition) is 4. The molecule has 2 fully saturated rings. The van der Waals surface area contributed by atoms with Crippen molar-refractivity contribution in [1.29, 1.82) is 0 Å². The van der Waals surface area contributed by atoms with Crippen molar-refractivity contribution in [2.75, 3.05) is 6.61 Å². The molecule has 1 amide bonds. The molecule has 1 saturated carbocycles. The Hall–Kier alpha value is -3.37. The lowest BCUT2D eigenvalue weighted by Gasteiger charge is -2.16. The summed E-state index contributed by atoms with van der Waals surface area (Å²) in [5.41, 5.74) is 0.362. The Kier molecular flexibility index (Phi) is 6.02. The largest absolute Gasteiger partial charge is 0.507 e. The number of ether oxygens (including phenoxy) is 2. The standard InChI is InChI=1S/C20H21N5O9S/c26-12-4-2-1-3-11(12)18(29)24-35(30,31)32-7-13-15(27)16(28)20(34-13)25-9-23-14-17(25)21-8-22-19(14)33-10-5-6-10/h1-4,8-10,13,15-16,20,26-28H,5-7H2,(H,24,29)/t13?,15-,16-,20-/m1/s1. The van der Waals surface area contributed by atoms with Crippen LogP contribution >= 0.6 is 0 Å². The van der Waals surface area contributed by atoms with Gasteiger partial charge >= 0.3 is 10.3 Å². The van der Waals surface area contributed by atoms with Crippen molar-refractivity contribution in [2.24, 2.45) is 0 Å². The number of carbonyl (C=O) groups is 1. The Morgan fingerprint density at radius 1 is 1.17 bits per heavy atom. The van der Waals surface area contributed by atoms with Gasteiger partial charge in [-0.1, -0.05) is 12.1 Å². The highest BCUT2D eigenvalue weighted by atomic mass is 32.2. The highest BCUT2D eigenvalue weighted by Gasteiger charge is 2.45. The van der Waals surface area contributed by atoms with Gasteiger partial charge in [0, 0.05) is 0 Å². The van der Waals surface area contributed by atoms with Crippen LogP contribution in [0.1, 0.15) is 29.4 Å². The normalized spacial score (nSPS) is 24.5. The number of para-hydroxylation sites is 1. The monoisotopic (exact) mass is 507 g/mol. The molecular formula is C20H21N5O9S. The molecule has 0 radical (unpaired) electrons. The maximum atomic E-state index is 12.2. The SMILES string of the molecule is O=C(NS(=O)(=O)OCC1O[C@@H](n2cnc3c(OC4CC4)ncnc32)[C@H](O)[C@@H]1O)c1ccccc1O. The van der Waals surface area contributed by atoms with Gasteiger partial charge in [-0.25, -0.2) is 14.7 Å². The number of phenolic OH excluding ortho intramolecular Hbond substituents is 1. The van der Waals surface area contributed by atoms with Crippen molar-refractivity contribution >= 4 is 27.4 Å². The van der Waals surface area contributed by atoms with E-state index in [0.717, 1.165) is 12.8 Å². The number of aromatic nitrogens is 4. The van der Waals surface area contributed by atoms with Gasteiger partial charge in [-0.15, -0.1) is 0 Å². The van der Waals surface area contributed by atoms with Crippen LogP contribution < -0.4 is 9.46 Å². The summed E-state index contributed by atoms with van der Waals surface area (Å²) < 4.78 is 43.6. The van der Waals surface area contributed by atoms with E-state index in [-0.39, 0.29) is 23.2 Å². The second-order valence-corrected chi connectivity index (χ2v) is 9.40. The van der Waals surface area contributed by atoms with Crippen molar-refractivity contribution in [2.45, 2.75) is 43.5 Å². The van der Waals surface area contributed by atoms with E-state index < -0.39 is 53.1 Å². The van der Waals surface area contributed by atoms with E-state index in [9.17, 15) is 28.5 Å². The summed E-state index contributed by atoms with van der Waals surface area (Å²) in [6.07, 6.45) is -0.904. The summed E-state index contributed by atoms with van der Waals surface area (Å²) in [4.78, 5) is 24.6. The van der Waals surface area contributed by atoms with Crippen LogP contribution in [0, 0.1) is 0 Å². The number of carbonyl (C=O) groups excluding carboxylic acids is 1. The molecule has 2 aromatic heterocycles. The fourth-order valence-electron chi connectivity index (χ4n) is 3.56. The van der Waals surface area contributed by atoms with Crippen LogP contribution in [-0.4, -0.2) is 80.2 Å². The molecule has 2 aliphatic rings. The molecule has 35 heavy (non-hydrogen) atoms. The number of phenols is 1. The summed E-state index contributed by atoms with van der Waals surface area (Å²) >= 11 is 0. The number of fused-ring (bicyclic) bond motifs is 1. The van der Waals surface area contributed by atoms with Gasteiger partial charge in [-0.05, 0) is 25.0 Å². The van der Waals surface area contributed by atoms with Crippen LogP contribution in [0.2, 0.25) is 0 Å². The number of rotatable bonds is 8. The first-order valence-corrected chi connectivity index (χ1v) is 12.0. The summed E-state index contributed by atoms with van der Waals surface area (Å²) in [6.45, 7) is -0.713. The number of nitrogens with one attached hydrogen (secondary N) is 1. The maximum absolute atomic E-state index is 12.2. The predicted molar refractivity (Wildman–Crippen MR) is 115 cm³/mol. The Morgan fingerprint density at radius 3 is 2.69 bits per heavy atom. The molecule has 1 aliphatic carbocycles. The molecule has 1 aliphatic heterocycles. The number of aliphatic hydroxyl groups is 2. The van der Waals surface area contributed by atoms with Crippen molar-refractivity contribution in [3.8, 4) is 11.6 Å². The third-order valence-electron chi connectivity index (χ3n) is 5.49. The fraction of sp³-hybridized carbons (Fsp3) is 0.400. The topological polar surface area (TPSA) is 195 Å². The maximum Gasteiger partial charge on any atom is 0.362 e. The average Bonchev–Trinajstić information content (AvgIpc) is 3.46. The number of aromatic hydroxyl groups is 1. The van der Waals surface area contributed by atoms with E-state index in [2.05, 4.69) is 15.0 Å². The summed E-state index contributed by atoms with van der Waals surface area (Å²) in [5.74, 6) is -1.24. The number of nitrogens with zero attached hydrogens (tertiary/aromatic N) is 4. The summed E-state index contributed by atoms with van der Waals surface area (Å²) in [6, 6.07) is 5.36. The van der Waals surface area contributed by atoms with E-state index in [1.807, 2.05) is 0 Å². The highest BCUT2D eigenvalue weighted by molar-refractivity contribution is 7.85. The molecule has 5 rings (SSSR count). The summed E-state index contributed by atoms with van der Waals surface area (Å²) in [7, 11) is -4.63. The molecule has 4 atom stereocenters. The number of aliphatic hydroxyl groups excluding tert-OH is 2. The molecule has 0 spiro atoms. The lowest BCUT2D eigenvalue weighted by atomic mass is 10.1. The minimum absolute atomic E-state index is 0.0724. The molecule has 1 saturated heterocycles. The molecule has 4 N–H and O–H groups in total. The lowest BCUT2D eigenvalue weighted by Crippen LogP contribution is -2.37. The zero-order valence-electron chi connectivity index (χ0n) is 18.0. The van der Waals surface area contributed by atoms with Crippen LogP contribution in [0.4, 0.5) is 0 Å². The van der Waals surface area contributed by atoms with Gasteiger partial charge in [-0.2, -0.15) is 13.4 Å². The van der Waals surface area contributed by atoms with Crippen LogP contribution in [0.25, 0.3) is 11.2 Å². The third kappa shape index (κ3) is 4.76. The quantitative estimate of drug-likeness (QED) is 0.302. The second kappa shape index (κ2) is 9.01. The zero-order valence-corrected chi connectivity index (χ0v) is 18.8. The van der Waals surface area contributed by atoms with Gasteiger partial charge in [0.05, 0.1) is 18.5 Å². The number of imidazole rings is 1. The second-order valence-electron chi connectivity index (χ2n) is 8.05. The Bertz CT molecular complexity index is 1360. The van der Waals surface area contributed by atoms with E-state index in [1.54, 1.807) is 4.72 Å². The Morgan fingerprint density at radius 2 is 1.94 bits per heavy atom. The first kappa shape index (κ1) is 23.4. The minimum Gasteiger partial charge on any atom is -0.507 e. The molecule has 186 valence electrons. The van der Waals surface area contributed by atoms with E-state index >= 15 is 0 Å². The molecule has 15 heteroatoms. The molecule has 3 heterocycles.